The van der Waals surface area contributed by atoms with Gasteiger partial charge in [0.15, 0.2) is 0 Å². The lowest BCUT2D eigenvalue weighted by Crippen LogP contribution is -2.36. The van der Waals surface area contributed by atoms with Gasteiger partial charge in [-0.15, -0.1) is 0 Å². The number of hydrogen-bond donors (Lipinski definition) is 0. The van der Waals surface area contributed by atoms with Crippen molar-refractivity contribution in [2.45, 2.75) is 25.7 Å². The lowest BCUT2D eigenvalue weighted by Gasteiger charge is -2.37. The number of pyridine rings is 1. The maximum absolute atomic E-state index is 13.4. The average molecular weight is 400 g/mol. The summed E-state index contributed by atoms with van der Waals surface area (Å²) in [6.45, 7) is 1.69. The number of carbonyl (C=O) groups is 1. The molecule has 6 heteroatoms. The van der Waals surface area contributed by atoms with Crippen LogP contribution in [-0.4, -0.2) is 33.4 Å². The first-order chi connectivity index (χ1) is 13.1. The summed E-state index contributed by atoms with van der Waals surface area (Å²) in [6.07, 6.45) is 6.63. The first kappa shape index (κ1) is 17.1. The molecular weight excluding hydrogens is 381 g/mol. The van der Waals surface area contributed by atoms with Crippen molar-refractivity contribution in [1.82, 2.24) is 14.5 Å². The van der Waals surface area contributed by atoms with Crippen LogP contribution in [0, 0.1) is 5.41 Å². The minimum absolute atomic E-state index is 0.0582. The van der Waals surface area contributed by atoms with Gasteiger partial charge in [0.05, 0.1) is 10.0 Å². The summed E-state index contributed by atoms with van der Waals surface area (Å²) in [5.74, 6) is 0.0582. The van der Waals surface area contributed by atoms with Crippen molar-refractivity contribution in [3.05, 3.63) is 58.3 Å². The van der Waals surface area contributed by atoms with E-state index in [-0.39, 0.29) is 5.91 Å². The van der Waals surface area contributed by atoms with Crippen LogP contribution in [0.3, 0.4) is 0 Å². The second-order valence-corrected chi connectivity index (χ2v) is 8.52. The molecule has 3 heterocycles. The molecule has 3 aromatic rings. The topological polar surface area (TPSA) is 38.1 Å². The number of amides is 1. The van der Waals surface area contributed by atoms with Crippen molar-refractivity contribution in [1.29, 1.82) is 0 Å². The van der Waals surface area contributed by atoms with E-state index in [9.17, 15) is 4.79 Å². The molecule has 0 bridgehead atoms. The van der Waals surface area contributed by atoms with Crippen molar-refractivity contribution >= 4 is 40.1 Å². The van der Waals surface area contributed by atoms with Crippen LogP contribution >= 0.6 is 23.2 Å². The Hall–Kier alpha value is -2.04. The second kappa shape index (κ2) is 6.25. The molecule has 4 nitrogen and oxygen atoms in total. The van der Waals surface area contributed by atoms with E-state index in [0.717, 1.165) is 36.2 Å². The lowest BCUT2D eigenvalue weighted by molar-refractivity contribution is 0.0725. The summed E-state index contributed by atoms with van der Waals surface area (Å²) in [6, 6.07) is 11.2. The van der Waals surface area contributed by atoms with Crippen molar-refractivity contribution in [2.24, 2.45) is 5.41 Å². The van der Waals surface area contributed by atoms with Crippen molar-refractivity contribution < 1.29 is 4.79 Å². The van der Waals surface area contributed by atoms with Gasteiger partial charge in [-0.3, -0.25) is 9.36 Å². The van der Waals surface area contributed by atoms with Crippen molar-refractivity contribution in [3.63, 3.8) is 0 Å². The van der Waals surface area contributed by atoms with Crippen molar-refractivity contribution in [2.75, 3.05) is 13.1 Å². The first-order valence-corrected chi connectivity index (χ1v) is 10.0. The third-order valence-corrected chi connectivity index (χ3v) is 6.82. The quantitative estimate of drug-likeness (QED) is 0.582. The third-order valence-electron chi connectivity index (χ3n) is 6.08. The fourth-order valence-electron chi connectivity index (χ4n) is 4.43. The van der Waals surface area contributed by atoms with Gasteiger partial charge in [-0.2, -0.15) is 0 Å². The number of carbonyl (C=O) groups excluding carboxylic acids is 1. The number of rotatable bonds is 2. The molecule has 27 heavy (non-hydrogen) atoms. The highest BCUT2D eigenvalue weighted by atomic mass is 35.5. The van der Waals surface area contributed by atoms with Gasteiger partial charge in [-0.25, -0.2) is 4.98 Å². The molecule has 1 spiro atoms. The average Bonchev–Trinajstić information content (AvgIpc) is 3.25. The minimum Gasteiger partial charge on any atom is -0.337 e. The molecule has 5 rings (SSSR count). The van der Waals surface area contributed by atoms with Crippen LogP contribution in [0.4, 0.5) is 0 Å². The Morgan fingerprint density at radius 1 is 1.07 bits per heavy atom. The Balaban J connectivity index is 1.61. The van der Waals surface area contributed by atoms with Crippen LogP contribution in [0.2, 0.25) is 10.0 Å². The fraction of sp³-hybridized carbons (Fsp3) is 0.333. The molecule has 0 atom stereocenters. The van der Waals surface area contributed by atoms with Crippen LogP contribution in [0.1, 0.15) is 36.2 Å². The number of hydrogen-bond acceptors (Lipinski definition) is 2. The molecule has 1 aliphatic heterocycles. The van der Waals surface area contributed by atoms with E-state index in [2.05, 4.69) is 4.98 Å². The molecule has 0 radical (unpaired) electrons. The number of nitrogens with zero attached hydrogens (tertiary/aromatic N) is 3. The third kappa shape index (κ3) is 2.74. The Bertz CT molecular complexity index is 1050. The summed E-state index contributed by atoms with van der Waals surface area (Å²) in [4.78, 5) is 19.9. The molecule has 1 saturated carbocycles. The fourth-order valence-corrected chi connectivity index (χ4v) is 4.73. The molecule has 138 valence electrons. The molecule has 2 aromatic heterocycles. The zero-order chi connectivity index (χ0) is 18.6. The Morgan fingerprint density at radius 2 is 1.93 bits per heavy atom. The van der Waals surface area contributed by atoms with E-state index < -0.39 is 0 Å². The summed E-state index contributed by atoms with van der Waals surface area (Å²) >= 11 is 12.3. The van der Waals surface area contributed by atoms with Crippen LogP contribution in [0.5, 0.6) is 0 Å². The van der Waals surface area contributed by atoms with Gasteiger partial charge in [-0.05, 0) is 61.1 Å². The molecule has 1 saturated heterocycles. The van der Waals surface area contributed by atoms with E-state index in [4.69, 9.17) is 23.2 Å². The predicted octanol–water partition coefficient (Wildman–Crippen LogP) is 5.35. The normalized spacial score (nSPS) is 18.2. The maximum Gasteiger partial charge on any atom is 0.270 e. The monoisotopic (exact) mass is 399 g/mol. The standard InChI is InChI=1S/C21H19Cl2N3O/c22-16-5-4-15(12-17(16)23)26-18(11-14-3-1-9-24-19(14)26)20(27)25-10-8-21(13-25)6-2-7-21/h1,3-5,9,11-12H,2,6-8,10,13H2. The molecule has 2 aliphatic rings. The van der Waals surface area contributed by atoms with Crippen molar-refractivity contribution in [3.8, 4) is 5.69 Å². The van der Waals surface area contributed by atoms with Gasteiger partial charge in [-0.1, -0.05) is 29.6 Å². The van der Waals surface area contributed by atoms with Gasteiger partial charge < -0.3 is 4.90 Å². The Morgan fingerprint density at radius 3 is 2.63 bits per heavy atom. The van der Waals surface area contributed by atoms with Crippen LogP contribution in [0.25, 0.3) is 16.7 Å². The van der Waals surface area contributed by atoms with Crippen LogP contribution in [-0.2, 0) is 0 Å². The zero-order valence-electron chi connectivity index (χ0n) is 14.8. The largest absolute Gasteiger partial charge is 0.337 e. The molecule has 1 amide bonds. The molecule has 1 aromatic carbocycles. The van der Waals surface area contributed by atoms with Crippen LogP contribution < -0.4 is 0 Å². The van der Waals surface area contributed by atoms with E-state index in [0.29, 0.717) is 21.2 Å². The second-order valence-electron chi connectivity index (χ2n) is 7.71. The van der Waals surface area contributed by atoms with Gasteiger partial charge in [0.25, 0.3) is 5.91 Å². The highest BCUT2D eigenvalue weighted by Gasteiger charge is 2.44. The summed E-state index contributed by atoms with van der Waals surface area (Å²) in [5.41, 5.74) is 2.53. The SMILES string of the molecule is O=C(c1cc2cccnc2n1-c1ccc(Cl)c(Cl)c1)N1CCC2(CCC2)C1. The Labute approximate surface area is 167 Å². The Kier molecular flexibility index (Phi) is 3.95. The highest BCUT2D eigenvalue weighted by molar-refractivity contribution is 6.42. The molecular formula is C21H19Cl2N3O. The predicted molar refractivity (Wildman–Crippen MR) is 108 cm³/mol. The van der Waals surface area contributed by atoms with E-state index in [1.165, 1.54) is 19.3 Å². The molecule has 1 aliphatic carbocycles. The van der Waals surface area contributed by atoms with Gasteiger partial charge in [0.2, 0.25) is 0 Å². The minimum atomic E-state index is 0.0582. The van der Waals surface area contributed by atoms with Gasteiger partial charge >= 0.3 is 0 Å². The molecule has 2 fully saturated rings. The van der Waals surface area contributed by atoms with Gasteiger partial charge in [0.1, 0.15) is 11.3 Å². The zero-order valence-corrected chi connectivity index (χ0v) is 16.3. The summed E-state index contributed by atoms with van der Waals surface area (Å²) in [5, 5.41) is 1.88. The first-order valence-electron chi connectivity index (χ1n) is 9.28. The number of halogens is 2. The number of aromatic nitrogens is 2. The highest BCUT2D eigenvalue weighted by Crippen LogP contribution is 2.48. The van der Waals surface area contributed by atoms with E-state index >= 15 is 0 Å². The molecule has 0 unspecified atom stereocenters. The number of likely N-dealkylation sites (tertiary alicyclic amines) is 1. The van der Waals surface area contributed by atoms with Gasteiger partial charge in [0, 0.05) is 30.4 Å². The van der Waals surface area contributed by atoms with Crippen LogP contribution in [0.15, 0.2) is 42.6 Å². The van der Waals surface area contributed by atoms with E-state index in [1.54, 1.807) is 18.3 Å². The maximum atomic E-state index is 13.4. The summed E-state index contributed by atoms with van der Waals surface area (Å²) in [7, 11) is 0. The summed E-state index contributed by atoms with van der Waals surface area (Å²) < 4.78 is 1.89. The smallest absolute Gasteiger partial charge is 0.270 e. The number of benzene rings is 1. The van der Waals surface area contributed by atoms with E-state index in [1.807, 2.05) is 33.7 Å². The number of fused-ring (bicyclic) bond motifs is 1. The molecule has 0 N–H and O–H groups in total. The lowest BCUT2D eigenvalue weighted by atomic mass is 9.68.